The van der Waals surface area contributed by atoms with Crippen molar-refractivity contribution in [1.29, 1.82) is 0 Å². The zero-order chi connectivity index (χ0) is 11.8. The molecule has 86 valence electrons. The Hall–Kier alpha value is -0.960. The van der Waals surface area contributed by atoms with Gasteiger partial charge >= 0.3 is 0 Å². The Bertz CT molecular complexity index is 568. The largest absolute Gasteiger partial charge is 0.388 e. The van der Waals surface area contributed by atoms with Crippen molar-refractivity contribution in [3.8, 4) is 0 Å². The lowest BCUT2D eigenvalue weighted by Crippen LogP contribution is -2.01. The monoisotopic (exact) mass is 262 g/mol. The van der Waals surface area contributed by atoms with E-state index in [1.165, 1.54) is 10.5 Å². The Morgan fingerprint density at radius 1 is 1.12 bits per heavy atom. The van der Waals surface area contributed by atoms with Crippen molar-refractivity contribution in [2.75, 3.05) is 0 Å². The Morgan fingerprint density at radius 2 is 1.94 bits per heavy atom. The normalized spacial score (nSPS) is 18.1. The molecule has 0 aliphatic carbocycles. The minimum absolute atomic E-state index is 0.472. The molecule has 17 heavy (non-hydrogen) atoms. The van der Waals surface area contributed by atoms with Crippen molar-refractivity contribution in [3.05, 3.63) is 58.6 Å². The molecule has 0 fully saturated rings. The van der Waals surface area contributed by atoms with E-state index in [0.717, 1.165) is 10.5 Å². The molecule has 0 unspecified atom stereocenters. The molecule has 0 aromatic heterocycles. The molecular weight excluding hydrogens is 252 g/mol. The van der Waals surface area contributed by atoms with E-state index in [1.807, 2.05) is 30.3 Å². The molecule has 0 radical (unpaired) electrons. The van der Waals surface area contributed by atoms with Crippen molar-refractivity contribution < 1.29 is 5.11 Å². The topological polar surface area (TPSA) is 20.2 Å². The van der Waals surface area contributed by atoms with Gasteiger partial charge in [0.2, 0.25) is 0 Å². The summed E-state index contributed by atoms with van der Waals surface area (Å²) in [5.74, 6) is 0. The van der Waals surface area contributed by atoms with E-state index in [0.29, 0.717) is 11.4 Å². The first-order valence-electron chi connectivity index (χ1n) is 5.47. The quantitative estimate of drug-likeness (QED) is 0.772. The van der Waals surface area contributed by atoms with Gasteiger partial charge in [0.15, 0.2) is 0 Å². The van der Waals surface area contributed by atoms with E-state index in [1.54, 1.807) is 11.8 Å². The number of hydrogen-bond acceptors (Lipinski definition) is 2. The van der Waals surface area contributed by atoms with Gasteiger partial charge in [0, 0.05) is 21.2 Å². The van der Waals surface area contributed by atoms with Gasteiger partial charge in [-0.25, -0.2) is 0 Å². The van der Waals surface area contributed by atoms with Crippen molar-refractivity contribution in [2.24, 2.45) is 0 Å². The van der Waals surface area contributed by atoms with Gasteiger partial charge in [0.1, 0.15) is 0 Å². The zero-order valence-corrected chi connectivity index (χ0v) is 10.6. The fraction of sp³-hybridized carbons (Fsp3) is 0.143. The second-order valence-electron chi connectivity index (χ2n) is 4.11. The van der Waals surface area contributed by atoms with E-state index >= 15 is 0 Å². The summed E-state index contributed by atoms with van der Waals surface area (Å²) in [6.07, 6.45) is 0.177. The van der Waals surface area contributed by atoms with Crippen molar-refractivity contribution in [3.63, 3.8) is 0 Å². The molecule has 1 heterocycles. The molecule has 0 amide bonds. The van der Waals surface area contributed by atoms with Crippen LogP contribution in [0.5, 0.6) is 0 Å². The van der Waals surface area contributed by atoms with Gasteiger partial charge in [-0.2, -0.15) is 0 Å². The van der Waals surface area contributed by atoms with Crippen LogP contribution in [0.1, 0.15) is 17.2 Å². The average Bonchev–Trinajstić information content (AvgIpc) is 2.46. The summed E-state index contributed by atoms with van der Waals surface area (Å²) in [7, 11) is 0. The van der Waals surface area contributed by atoms with Crippen molar-refractivity contribution in [1.82, 2.24) is 0 Å². The van der Waals surface area contributed by atoms with Crippen LogP contribution >= 0.6 is 23.4 Å². The molecule has 2 aromatic carbocycles. The molecule has 0 bridgehead atoms. The lowest BCUT2D eigenvalue weighted by atomic mass is 10.0. The SMILES string of the molecule is O[C@@H]1Cc2ccccc2Sc2ccc(Cl)cc21. The first-order chi connectivity index (χ1) is 8.24. The predicted octanol–water partition coefficient (Wildman–Crippen LogP) is 4.08. The van der Waals surface area contributed by atoms with Crippen molar-refractivity contribution in [2.45, 2.75) is 22.3 Å². The molecule has 0 saturated heterocycles. The summed E-state index contributed by atoms with van der Waals surface area (Å²) in [5, 5.41) is 10.9. The highest BCUT2D eigenvalue weighted by Gasteiger charge is 2.20. The van der Waals surface area contributed by atoms with Crippen LogP contribution in [0, 0.1) is 0 Å². The van der Waals surface area contributed by atoms with Crippen LogP contribution in [0.2, 0.25) is 5.02 Å². The molecule has 1 nitrogen and oxygen atoms in total. The third kappa shape index (κ3) is 2.08. The summed E-state index contributed by atoms with van der Waals surface area (Å²) in [4.78, 5) is 2.31. The molecule has 0 spiro atoms. The average molecular weight is 263 g/mol. The van der Waals surface area contributed by atoms with Crippen LogP contribution in [0.25, 0.3) is 0 Å². The fourth-order valence-electron chi connectivity index (χ4n) is 2.08. The Morgan fingerprint density at radius 3 is 2.82 bits per heavy atom. The molecule has 2 aromatic rings. The second kappa shape index (κ2) is 4.37. The predicted molar refractivity (Wildman–Crippen MR) is 70.7 cm³/mol. The standard InChI is InChI=1S/C14H11ClOS/c15-10-5-6-14-11(8-10)12(16)7-9-3-1-2-4-13(9)17-14/h1-6,8,12,16H,7H2/t12-/m1/s1. The minimum atomic E-state index is -0.472. The summed E-state index contributed by atoms with van der Waals surface area (Å²) < 4.78 is 0. The summed E-state index contributed by atoms with van der Waals surface area (Å²) >= 11 is 7.68. The number of rotatable bonds is 0. The molecule has 1 N–H and O–H groups in total. The highest BCUT2D eigenvalue weighted by Crippen LogP contribution is 2.41. The van der Waals surface area contributed by atoms with Crippen LogP contribution < -0.4 is 0 Å². The first-order valence-corrected chi connectivity index (χ1v) is 6.67. The van der Waals surface area contributed by atoms with E-state index in [-0.39, 0.29) is 0 Å². The third-order valence-electron chi connectivity index (χ3n) is 2.94. The highest BCUT2D eigenvalue weighted by atomic mass is 35.5. The van der Waals surface area contributed by atoms with Crippen LogP contribution in [0.3, 0.4) is 0 Å². The fourth-order valence-corrected chi connectivity index (χ4v) is 3.38. The van der Waals surface area contributed by atoms with E-state index in [9.17, 15) is 5.11 Å². The van der Waals surface area contributed by atoms with Gasteiger partial charge in [0.05, 0.1) is 6.10 Å². The lowest BCUT2D eigenvalue weighted by Gasteiger charge is -2.11. The number of hydrogen-bond donors (Lipinski definition) is 1. The number of aliphatic hydroxyl groups is 1. The molecule has 1 atom stereocenters. The van der Waals surface area contributed by atoms with Crippen LogP contribution in [-0.2, 0) is 6.42 Å². The highest BCUT2D eigenvalue weighted by molar-refractivity contribution is 7.99. The number of benzene rings is 2. The van der Waals surface area contributed by atoms with E-state index < -0.39 is 6.10 Å². The van der Waals surface area contributed by atoms with Gasteiger partial charge in [0.25, 0.3) is 0 Å². The van der Waals surface area contributed by atoms with Gasteiger partial charge in [-0.3, -0.25) is 0 Å². The number of fused-ring (bicyclic) bond motifs is 2. The Labute approximate surface area is 109 Å². The second-order valence-corrected chi connectivity index (χ2v) is 5.63. The van der Waals surface area contributed by atoms with Crippen LogP contribution in [0.15, 0.2) is 52.3 Å². The number of halogens is 1. The summed E-state index contributed by atoms with van der Waals surface area (Å²) in [6.45, 7) is 0. The zero-order valence-electron chi connectivity index (χ0n) is 9.06. The Balaban J connectivity index is 2.14. The first kappa shape index (κ1) is 11.1. The molecule has 1 aliphatic rings. The van der Waals surface area contributed by atoms with Crippen LogP contribution in [-0.4, -0.2) is 5.11 Å². The summed E-state index contributed by atoms with van der Waals surface area (Å²) in [6, 6.07) is 13.9. The van der Waals surface area contributed by atoms with Gasteiger partial charge in [-0.15, -0.1) is 0 Å². The smallest absolute Gasteiger partial charge is 0.0842 e. The third-order valence-corrected chi connectivity index (χ3v) is 4.38. The molecule has 0 saturated carbocycles. The van der Waals surface area contributed by atoms with Crippen LogP contribution in [0.4, 0.5) is 0 Å². The van der Waals surface area contributed by atoms with Gasteiger partial charge in [-0.1, -0.05) is 41.6 Å². The van der Waals surface area contributed by atoms with Gasteiger partial charge < -0.3 is 5.11 Å². The maximum atomic E-state index is 10.2. The molecule has 3 rings (SSSR count). The van der Waals surface area contributed by atoms with Crippen molar-refractivity contribution >= 4 is 23.4 Å². The van der Waals surface area contributed by atoms with E-state index in [2.05, 4.69) is 12.1 Å². The van der Waals surface area contributed by atoms with E-state index in [4.69, 9.17) is 11.6 Å². The maximum absolute atomic E-state index is 10.2. The Kier molecular flexibility index (Phi) is 2.87. The number of aliphatic hydroxyl groups excluding tert-OH is 1. The molecular formula is C14H11ClOS. The molecule has 3 heteroatoms. The lowest BCUT2D eigenvalue weighted by molar-refractivity contribution is 0.175. The van der Waals surface area contributed by atoms with Gasteiger partial charge in [-0.05, 0) is 35.4 Å². The summed E-state index contributed by atoms with van der Waals surface area (Å²) in [5.41, 5.74) is 2.12. The minimum Gasteiger partial charge on any atom is -0.388 e. The molecule has 1 aliphatic heterocycles. The maximum Gasteiger partial charge on any atom is 0.0842 e.